The fourth-order valence-corrected chi connectivity index (χ4v) is 2.51. The molecule has 1 amide bonds. The van der Waals surface area contributed by atoms with E-state index in [4.69, 9.17) is 4.74 Å². The SMILES string of the molecule is CC1CN(C(=O)c2c(F)cccc2F)CC(CBr)O1. The van der Waals surface area contributed by atoms with Crippen molar-refractivity contribution in [3.63, 3.8) is 0 Å². The fraction of sp³-hybridized carbons (Fsp3) is 0.462. The Morgan fingerprint density at radius 3 is 2.63 bits per heavy atom. The summed E-state index contributed by atoms with van der Waals surface area (Å²) >= 11 is 3.29. The molecule has 1 aliphatic rings. The van der Waals surface area contributed by atoms with Gasteiger partial charge in [0, 0.05) is 18.4 Å². The Balaban J connectivity index is 2.24. The van der Waals surface area contributed by atoms with Gasteiger partial charge in [-0.25, -0.2) is 8.78 Å². The van der Waals surface area contributed by atoms with Crippen molar-refractivity contribution >= 4 is 21.8 Å². The molecule has 0 aliphatic carbocycles. The van der Waals surface area contributed by atoms with Crippen LogP contribution in [0.2, 0.25) is 0 Å². The molecule has 0 bridgehead atoms. The number of alkyl halides is 1. The van der Waals surface area contributed by atoms with E-state index in [0.29, 0.717) is 18.4 Å². The molecule has 19 heavy (non-hydrogen) atoms. The number of ether oxygens (including phenoxy) is 1. The summed E-state index contributed by atoms with van der Waals surface area (Å²) in [6.07, 6.45) is -0.322. The predicted molar refractivity (Wildman–Crippen MR) is 70.4 cm³/mol. The molecule has 1 saturated heterocycles. The zero-order chi connectivity index (χ0) is 14.0. The van der Waals surface area contributed by atoms with E-state index in [0.717, 1.165) is 12.1 Å². The molecule has 1 heterocycles. The van der Waals surface area contributed by atoms with Crippen LogP contribution < -0.4 is 0 Å². The summed E-state index contributed by atoms with van der Waals surface area (Å²) in [7, 11) is 0. The molecule has 0 N–H and O–H groups in total. The highest BCUT2D eigenvalue weighted by Gasteiger charge is 2.30. The lowest BCUT2D eigenvalue weighted by atomic mass is 10.1. The van der Waals surface area contributed by atoms with Gasteiger partial charge in [-0.3, -0.25) is 4.79 Å². The molecule has 104 valence electrons. The van der Waals surface area contributed by atoms with Gasteiger partial charge in [0.25, 0.3) is 5.91 Å². The molecule has 0 saturated carbocycles. The molecule has 2 atom stereocenters. The largest absolute Gasteiger partial charge is 0.371 e. The second-order valence-electron chi connectivity index (χ2n) is 4.53. The van der Waals surface area contributed by atoms with E-state index in [1.54, 1.807) is 0 Å². The highest BCUT2D eigenvalue weighted by Crippen LogP contribution is 2.19. The van der Waals surface area contributed by atoms with Crippen molar-refractivity contribution in [3.05, 3.63) is 35.4 Å². The third kappa shape index (κ3) is 3.12. The van der Waals surface area contributed by atoms with Gasteiger partial charge in [-0.2, -0.15) is 0 Å². The lowest BCUT2D eigenvalue weighted by Gasteiger charge is -2.36. The molecule has 6 heteroatoms. The Morgan fingerprint density at radius 2 is 2.05 bits per heavy atom. The zero-order valence-corrected chi connectivity index (χ0v) is 12.0. The van der Waals surface area contributed by atoms with E-state index in [1.165, 1.54) is 11.0 Å². The van der Waals surface area contributed by atoms with Gasteiger partial charge in [0.05, 0.1) is 12.2 Å². The molecule has 2 rings (SSSR count). The number of carbonyl (C=O) groups excluding carboxylic acids is 1. The highest BCUT2D eigenvalue weighted by atomic mass is 79.9. The Bertz CT molecular complexity index is 463. The van der Waals surface area contributed by atoms with Crippen LogP contribution in [0.25, 0.3) is 0 Å². The molecular weight excluding hydrogens is 320 g/mol. The molecule has 0 aromatic heterocycles. The number of amides is 1. The number of halogens is 3. The first-order chi connectivity index (χ1) is 9.02. The van der Waals surface area contributed by atoms with E-state index in [-0.39, 0.29) is 12.2 Å². The van der Waals surface area contributed by atoms with Crippen LogP contribution in [-0.2, 0) is 4.74 Å². The molecule has 1 fully saturated rings. The smallest absolute Gasteiger partial charge is 0.260 e. The standard InChI is InChI=1S/C13H14BrF2NO2/c1-8-6-17(7-9(5-14)19-8)13(18)12-10(15)3-2-4-11(12)16/h2-4,8-9H,5-7H2,1H3. The van der Waals surface area contributed by atoms with E-state index in [1.807, 2.05) is 6.92 Å². The number of hydrogen-bond donors (Lipinski definition) is 0. The molecule has 1 aromatic carbocycles. The van der Waals surface area contributed by atoms with Gasteiger partial charge < -0.3 is 9.64 Å². The van der Waals surface area contributed by atoms with E-state index >= 15 is 0 Å². The average molecular weight is 334 g/mol. The monoisotopic (exact) mass is 333 g/mol. The van der Waals surface area contributed by atoms with Crippen molar-refractivity contribution < 1.29 is 18.3 Å². The van der Waals surface area contributed by atoms with Gasteiger partial charge in [0.15, 0.2) is 0 Å². The Labute approximate surface area is 118 Å². The third-order valence-corrected chi connectivity index (χ3v) is 3.68. The van der Waals surface area contributed by atoms with Crippen molar-refractivity contribution in [1.82, 2.24) is 4.90 Å². The summed E-state index contributed by atoms with van der Waals surface area (Å²) in [6, 6.07) is 3.41. The number of hydrogen-bond acceptors (Lipinski definition) is 2. The summed E-state index contributed by atoms with van der Waals surface area (Å²) in [4.78, 5) is 13.7. The van der Waals surface area contributed by atoms with Crippen LogP contribution in [0.3, 0.4) is 0 Å². The highest BCUT2D eigenvalue weighted by molar-refractivity contribution is 9.09. The van der Waals surface area contributed by atoms with Crippen LogP contribution >= 0.6 is 15.9 Å². The second-order valence-corrected chi connectivity index (χ2v) is 5.18. The maximum atomic E-state index is 13.6. The first-order valence-corrected chi connectivity index (χ1v) is 7.09. The maximum Gasteiger partial charge on any atom is 0.260 e. The quantitative estimate of drug-likeness (QED) is 0.778. The van der Waals surface area contributed by atoms with Gasteiger partial charge in [-0.1, -0.05) is 22.0 Å². The summed E-state index contributed by atoms with van der Waals surface area (Å²) < 4.78 is 32.8. The van der Waals surface area contributed by atoms with Crippen LogP contribution in [0.1, 0.15) is 17.3 Å². The van der Waals surface area contributed by atoms with Gasteiger partial charge in [0.2, 0.25) is 0 Å². The van der Waals surface area contributed by atoms with Crippen molar-refractivity contribution in [2.75, 3.05) is 18.4 Å². The lowest BCUT2D eigenvalue weighted by Crippen LogP contribution is -2.50. The summed E-state index contributed by atoms with van der Waals surface area (Å²) in [5, 5.41) is 0.570. The third-order valence-electron chi connectivity index (χ3n) is 2.96. The lowest BCUT2D eigenvalue weighted by molar-refractivity contribution is -0.0561. The second kappa shape index (κ2) is 5.96. The minimum absolute atomic E-state index is 0.157. The maximum absolute atomic E-state index is 13.6. The number of nitrogens with zero attached hydrogens (tertiary/aromatic N) is 1. The fourth-order valence-electron chi connectivity index (χ4n) is 2.16. The van der Waals surface area contributed by atoms with Gasteiger partial charge in [0.1, 0.15) is 17.2 Å². The van der Waals surface area contributed by atoms with Crippen molar-refractivity contribution in [2.45, 2.75) is 19.1 Å². The topological polar surface area (TPSA) is 29.5 Å². The minimum atomic E-state index is -0.834. The molecular formula is C13H14BrF2NO2. The molecule has 1 aromatic rings. The Morgan fingerprint density at radius 1 is 1.42 bits per heavy atom. The van der Waals surface area contributed by atoms with Gasteiger partial charge in [-0.15, -0.1) is 0 Å². The molecule has 0 radical (unpaired) electrons. The molecule has 1 aliphatic heterocycles. The first-order valence-electron chi connectivity index (χ1n) is 5.97. The summed E-state index contributed by atoms with van der Waals surface area (Å²) in [5.41, 5.74) is -0.495. The van der Waals surface area contributed by atoms with Crippen molar-refractivity contribution in [1.29, 1.82) is 0 Å². The summed E-state index contributed by atoms with van der Waals surface area (Å²) in [5.74, 6) is -2.30. The van der Waals surface area contributed by atoms with Crippen LogP contribution in [0.5, 0.6) is 0 Å². The van der Waals surface area contributed by atoms with E-state index in [9.17, 15) is 13.6 Å². The van der Waals surface area contributed by atoms with Crippen LogP contribution in [0.4, 0.5) is 8.78 Å². The first kappa shape index (κ1) is 14.4. The summed E-state index contributed by atoms with van der Waals surface area (Å²) in [6.45, 7) is 2.48. The molecule has 3 nitrogen and oxygen atoms in total. The molecule has 0 spiro atoms. The van der Waals surface area contributed by atoms with E-state index < -0.39 is 23.1 Å². The normalized spacial score (nSPS) is 23.5. The molecule has 2 unspecified atom stereocenters. The number of benzene rings is 1. The zero-order valence-electron chi connectivity index (χ0n) is 10.4. The van der Waals surface area contributed by atoms with Crippen LogP contribution in [-0.4, -0.2) is 41.4 Å². The van der Waals surface area contributed by atoms with E-state index in [2.05, 4.69) is 15.9 Å². The Kier molecular flexibility index (Phi) is 4.52. The number of morpholine rings is 1. The number of rotatable bonds is 2. The van der Waals surface area contributed by atoms with Crippen molar-refractivity contribution in [3.8, 4) is 0 Å². The van der Waals surface area contributed by atoms with Crippen molar-refractivity contribution in [2.24, 2.45) is 0 Å². The van der Waals surface area contributed by atoms with Crippen LogP contribution in [0, 0.1) is 11.6 Å². The van der Waals surface area contributed by atoms with Gasteiger partial charge >= 0.3 is 0 Å². The minimum Gasteiger partial charge on any atom is -0.371 e. The number of carbonyl (C=O) groups is 1. The average Bonchev–Trinajstić information content (AvgIpc) is 2.37. The predicted octanol–water partition coefficient (Wildman–Crippen LogP) is 2.59. The Hall–Kier alpha value is -1.01. The van der Waals surface area contributed by atoms with Crippen LogP contribution in [0.15, 0.2) is 18.2 Å². The van der Waals surface area contributed by atoms with Gasteiger partial charge in [-0.05, 0) is 19.1 Å².